The molecule has 0 radical (unpaired) electrons. The van der Waals surface area contributed by atoms with Crippen LogP contribution in [0.5, 0.6) is 17.2 Å². The summed E-state index contributed by atoms with van der Waals surface area (Å²) in [5.41, 5.74) is 0.724. The van der Waals surface area contributed by atoms with Crippen LogP contribution < -0.4 is 14.2 Å². The Balaban J connectivity index is 2.42. The standard InChI is InChI=1S/C17H16O5/c1-11(18)22-14-7-5-4-6-13(14)17(19)12-8-9-15(20-2)16(10-12)21-3/h4-10H,1-3H3. The van der Waals surface area contributed by atoms with E-state index in [1.165, 1.54) is 21.1 Å². The van der Waals surface area contributed by atoms with E-state index in [2.05, 4.69) is 0 Å². The molecule has 2 aromatic rings. The van der Waals surface area contributed by atoms with Crippen molar-refractivity contribution in [2.24, 2.45) is 0 Å². The summed E-state index contributed by atoms with van der Waals surface area (Å²) < 4.78 is 15.4. The average molecular weight is 300 g/mol. The number of benzene rings is 2. The molecule has 0 saturated carbocycles. The lowest BCUT2D eigenvalue weighted by Gasteiger charge is -2.11. The van der Waals surface area contributed by atoms with Gasteiger partial charge in [-0.25, -0.2) is 0 Å². The van der Waals surface area contributed by atoms with Crippen molar-refractivity contribution >= 4 is 11.8 Å². The third-order valence-electron chi connectivity index (χ3n) is 3.03. The SMILES string of the molecule is COc1ccc(C(=O)c2ccccc2OC(C)=O)cc1OC. The van der Waals surface area contributed by atoms with Crippen molar-refractivity contribution in [1.82, 2.24) is 0 Å². The van der Waals surface area contributed by atoms with Crippen LogP contribution in [-0.4, -0.2) is 26.0 Å². The summed E-state index contributed by atoms with van der Waals surface area (Å²) >= 11 is 0. The van der Waals surface area contributed by atoms with Gasteiger partial charge in [-0.2, -0.15) is 0 Å². The van der Waals surface area contributed by atoms with Gasteiger partial charge in [0.15, 0.2) is 17.3 Å². The molecule has 0 heterocycles. The molecule has 0 aliphatic rings. The lowest BCUT2D eigenvalue weighted by molar-refractivity contribution is -0.131. The second-order valence-corrected chi connectivity index (χ2v) is 4.49. The number of hydrogen-bond donors (Lipinski definition) is 0. The topological polar surface area (TPSA) is 61.8 Å². The molecule has 2 rings (SSSR count). The first-order chi connectivity index (χ1) is 10.6. The maximum Gasteiger partial charge on any atom is 0.308 e. The Kier molecular flexibility index (Phi) is 4.78. The highest BCUT2D eigenvalue weighted by Crippen LogP contribution is 2.30. The fraction of sp³-hybridized carbons (Fsp3) is 0.176. The van der Waals surface area contributed by atoms with E-state index < -0.39 is 5.97 Å². The molecule has 0 fully saturated rings. The second-order valence-electron chi connectivity index (χ2n) is 4.49. The molecule has 0 aliphatic carbocycles. The summed E-state index contributed by atoms with van der Waals surface area (Å²) in [6.45, 7) is 1.29. The van der Waals surface area contributed by atoms with Crippen LogP contribution in [0.25, 0.3) is 0 Å². The summed E-state index contributed by atoms with van der Waals surface area (Å²) in [6, 6.07) is 11.5. The number of rotatable bonds is 5. The quantitative estimate of drug-likeness (QED) is 0.483. The molecule has 0 aliphatic heterocycles. The molecule has 0 amide bonds. The van der Waals surface area contributed by atoms with Crippen LogP contribution in [0, 0.1) is 0 Å². The van der Waals surface area contributed by atoms with Gasteiger partial charge in [0.2, 0.25) is 0 Å². The first-order valence-corrected chi connectivity index (χ1v) is 6.61. The van der Waals surface area contributed by atoms with Gasteiger partial charge in [-0.05, 0) is 30.3 Å². The Morgan fingerprint density at radius 2 is 1.55 bits per heavy atom. The lowest BCUT2D eigenvalue weighted by Crippen LogP contribution is -2.08. The molecule has 0 bridgehead atoms. The van der Waals surface area contributed by atoms with Gasteiger partial charge in [0.05, 0.1) is 19.8 Å². The van der Waals surface area contributed by atoms with Crippen LogP contribution in [-0.2, 0) is 4.79 Å². The van der Waals surface area contributed by atoms with Gasteiger partial charge < -0.3 is 14.2 Å². The first-order valence-electron chi connectivity index (χ1n) is 6.61. The maximum absolute atomic E-state index is 12.6. The Morgan fingerprint density at radius 1 is 0.864 bits per heavy atom. The third-order valence-corrected chi connectivity index (χ3v) is 3.03. The highest BCUT2D eigenvalue weighted by atomic mass is 16.5. The molecule has 0 unspecified atom stereocenters. The first kappa shape index (κ1) is 15.6. The second kappa shape index (κ2) is 6.76. The Bertz CT molecular complexity index is 706. The van der Waals surface area contributed by atoms with Crippen LogP contribution in [0.2, 0.25) is 0 Å². The molecule has 2 aromatic carbocycles. The third kappa shape index (κ3) is 3.25. The zero-order chi connectivity index (χ0) is 16.1. The molecule has 0 N–H and O–H groups in total. The van der Waals surface area contributed by atoms with Gasteiger partial charge in [0.25, 0.3) is 0 Å². The van der Waals surface area contributed by atoms with E-state index in [-0.39, 0.29) is 11.5 Å². The Morgan fingerprint density at radius 3 is 2.18 bits per heavy atom. The molecule has 5 heteroatoms. The molecule has 0 spiro atoms. The number of ketones is 1. The van der Waals surface area contributed by atoms with E-state index in [1.807, 2.05) is 0 Å². The molecule has 0 atom stereocenters. The van der Waals surface area contributed by atoms with Gasteiger partial charge >= 0.3 is 5.97 Å². The van der Waals surface area contributed by atoms with Crippen molar-refractivity contribution in [1.29, 1.82) is 0 Å². The lowest BCUT2D eigenvalue weighted by atomic mass is 10.0. The Hall–Kier alpha value is -2.82. The zero-order valence-corrected chi connectivity index (χ0v) is 12.6. The van der Waals surface area contributed by atoms with Crippen LogP contribution in [0.1, 0.15) is 22.8 Å². The predicted molar refractivity (Wildman–Crippen MR) is 80.7 cm³/mol. The molecule has 0 aromatic heterocycles. The normalized spacial score (nSPS) is 9.95. The van der Waals surface area contributed by atoms with Crippen molar-refractivity contribution in [2.45, 2.75) is 6.92 Å². The highest BCUT2D eigenvalue weighted by molar-refractivity contribution is 6.11. The van der Waals surface area contributed by atoms with Gasteiger partial charge in [-0.3, -0.25) is 9.59 Å². The molecular weight excluding hydrogens is 284 g/mol. The minimum atomic E-state index is -0.479. The van der Waals surface area contributed by atoms with Crippen molar-refractivity contribution in [3.8, 4) is 17.2 Å². The predicted octanol–water partition coefficient (Wildman–Crippen LogP) is 2.86. The number of para-hydroxylation sites is 1. The monoisotopic (exact) mass is 300 g/mol. The fourth-order valence-electron chi connectivity index (χ4n) is 2.03. The van der Waals surface area contributed by atoms with Crippen molar-refractivity contribution in [2.75, 3.05) is 14.2 Å². The van der Waals surface area contributed by atoms with E-state index in [0.717, 1.165) is 0 Å². The molecular formula is C17H16O5. The number of hydrogen-bond acceptors (Lipinski definition) is 5. The summed E-state index contributed by atoms with van der Waals surface area (Å²) in [5, 5.41) is 0. The maximum atomic E-state index is 12.6. The zero-order valence-electron chi connectivity index (χ0n) is 12.6. The largest absolute Gasteiger partial charge is 0.493 e. The van der Waals surface area contributed by atoms with Gasteiger partial charge in [-0.1, -0.05) is 12.1 Å². The fourth-order valence-corrected chi connectivity index (χ4v) is 2.03. The van der Waals surface area contributed by atoms with Crippen LogP contribution in [0.3, 0.4) is 0 Å². The van der Waals surface area contributed by atoms with Crippen LogP contribution >= 0.6 is 0 Å². The summed E-state index contributed by atoms with van der Waals surface area (Å²) in [5.74, 6) is 0.478. The summed E-state index contributed by atoms with van der Waals surface area (Å²) in [7, 11) is 3.02. The van der Waals surface area contributed by atoms with E-state index in [4.69, 9.17) is 14.2 Å². The van der Waals surface area contributed by atoms with Gasteiger partial charge in [0.1, 0.15) is 5.75 Å². The number of ether oxygens (including phenoxy) is 3. The van der Waals surface area contributed by atoms with E-state index in [1.54, 1.807) is 42.5 Å². The van der Waals surface area contributed by atoms with Crippen LogP contribution in [0.4, 0.5) is 0 Å². The molecule has 114 valence electrons. The number of methoxy groups -OCH3 is 2. The summed E-state index contributed by atoms with van der Waals surface area (Å²) in [4.78, 5) is 23.8. The average Bonchev–Trinajstić information content (AvgIpc) is 2.53. The highest BCUT2D eigenvalue weighted by Gasteiger charge is 2.17. The molecule has 22 heavy (non-hydrogen) atoms. The van der Waals surface area contributed by atoms with E-state index >= 15 is 0 Å². The number of carbonyl (C=O) groups excluding carboxylic acids is 2. The summed E-state index contributed by atoms with van der Waals surface area (Å²) in [6.07, 6.45) is 0. The van der Waals surface area contributed by atoms with E-state index in [0.29, 0.717) is 22.6 Å². The van der Waals surface area contributed by atoms with Crippen molar-refractivity contribution in [3.63, 3.8) is 0 Å². The smallest absolute Gasteiger partial charge is 0.308 e. The van der Waals surface area contributed by atoms with E-state index in [9.17, 15) is 9.59 Å². The van der Waals surface area contributed by atoms with Crippen molar-refractivity contribution < 1.29 is 23.8 Å². The van der Waals surface area contributed by atoms with Crippen LogP contribution in [0.15, 0.2) is 42.5 Å². The van der Waals surface area contributed by atoms with Gasteiger partial charge in [-0.15, -0.1) is 0 Å². The van der Waals surface area contributed by atoms with Crippen molar-refractivity contribution in [3.05, 3.63) is 53.6 Å². The Labute approximate surface area is 128 Å². The number of carbonyl (C=O) groups is 2. The van der Waals surface area contributed by atoms with Gasteiger partial charge in [0, 0.05) is 12.5 Å². The molecule has 5 nitrogen and oxygen atoms in total. The minimum absolute atomic E-state index is 0.231. The molecule has 0 saturated heterocycles. The minimum Gasteiger partial charge on any atom is -0.493 e. The number of esters is 1.